The van der Waals surface area contributed by atoms with Crippen molar-refractivity contribution < 1.29 is 14.3 Å². The Labute approximate surface area is 173 Å². The van der Waals surface area contributed by atoms with Gasteiger partial charge in [-0.1, -0.05) is 54.1 Å². The number of ketones is 1. The number of nitrogens with one attached hydrogen (secondary N) is 1. The highest BCUT2D eigenvalue weighted by atomic mass is 35.5. The number of benzene rings is 3. The first-order chi connectivity index (χ1) is 14.1. The number of hydrogen-bond donors (Lipinski definition) is 1. The lowest BCUT2D eigenvalue weighted by Crippen LogP contribution is -2.21. The Morgan fingerprint density at radius 2 is 1.72 bits per heavy atom. The molecular weight excluding hydrogens is 388 g/mol. The average molecular weight is 405 g/mol. The Bertz CT molecular complexity index is 1060. The van der Waals surface area contributed by atoms with Crippen LogP contribution >= 0.6 is 11.6 Å². The minimum absolute atomic E-state index is 0.239. The van der Waals surface area contributed by atoms with E-state index in [9.17, 15) is 9.59 Å². The molecule has 29 heavy (non-hydrogen) atoms. The van der Waals surface area contributed by atoms with Crippen LogP contribution in [0.3, 0.4) is 0 Å². The number of anilines is 1. The summed E-state index contributed by atoms with van der Waals surface area (Å²) < 4.78 is 5.60. The Kier molecular flexibility index (Phi) is 6.62. The van der Waals surface area contributed by atoms with E-state index in [2.05, 4.69) is 11.4 Å². The number of carbonyl (C=O) groups excluding carboxylic acids is 2. The van der Waals surface area contributed by atoms with E-state index < -0.39 is 0 Å². The molecule has 0 aromatic heterocycles. The summed E-state index contributed by atoms with van der Waals surface area (Å²) in [5.41, 5.74) is 2.25. The fraction of sp³-hybridized carbons (Fsp3) is 0.0870. The zero-order valence-electron chi connectivity index (χ0n) is 15.4. The Balaban J connectivity index is 1.68. The van der Waals surface area contributed by atoms with Crippen molar-refractivity contribution in [2.45, 2.75) is 6.42 Å². The van der Waals surface area contributed by atoms with Crippen LogP contribution in [0.2, 0.25) is 5.02 Å². The first-order valence-electron chi connectivity index (χ1n) is 8.84. The highest BCUT2D eigenvalue weighted by Gasteiger charge is 2.16. The maximum atomic E-state index is 12.8. The molecule has 3 aromatic carbocycles. The van der Waals surface area contributed by atoms with E-state index in [1.54, 1.807) is 60.7 Å². The molecule has 0 spiro atoms. The van der Waals surface area contributed by atoms with Crippen molar-refractivity contribution in [1.29, 1.82) is 5.26 Å². The van der Waals surface area contributed by atoms with Crippen molar-refractivity contribution in [3.8, 4) is 11.8 Å². The van der Waals surface area contributed by atoms with E-state index in [0.29, 0.717) is 22.7 Å². The van der Waals surface area contributed by atoms with E-state index in [-0.39, 0.29) is 29.6 Å². The van der Waals surface area contributed by atoms with Gasteiger partial charge in [0.1, 0.15) is 5.75 Å². The SMILES string of the molecule is N#CCc1ccc(NC(=O)COc2ccc(Cl)cc2C(=O)c2ccccc2)cc1. The number of carbonyl (C=O) groups is 2. The Morgan fingerprint density at radius 3 is 2.41 bits per heavy atom. The predicted octanol–water partition coefficient (Wildman–Crippen LogP) is 4.65. The number of nitrogens with zero attached hydrogens (tertiary/aromatic N) is 1. The first-order valence-corrected chi connectivity index (χ1v) is 9.22. The molecule has 0 fully saturated rings. The van der Waals surface area contributed by atoms with E-state index in [0.717, 1.165) is 5.56 Å². The molecule has 0 atom stereocenters. The quantitative estimate of drug-likeness (QED) is 0.581. The second kappa shape index (κ2) is 9.54. The summed E-state index contributed by atoms with van der Waals surface area (Å²) in [6.45, 7) is -0.267. The Morgan fingerprint density at radius 1 is 1.00 bits per heavy atom. The summed E-state index contributed by atoms with van der Waals surface area (Å²) >= 11 is 6.05. The minimum Gasteiger partial charge on any atom is -0.483 e. The lowest BCUT2D eigenvalue weighted by molar-refractivity contribution is -0.118. The second-order valence-corrected chi connectivity index (χ2v) is 6.64. The van der Waals surface area contributed by atoms with Crippen LogP contribution in [0.5, 0.6) is 5.75 Å². The molecule has 0 saturated heterocycles. The molecule has 3 rings (SSSR count). The molecule has 6 heteroatoms. The number of amides is 1. The van der Waals surface area contributed by atoms with Crippen LogP contribution in [0.1, 0.15) is 21.5 Å². The van der Waals surface area contributed by atoms with E-state index in [1.807, 2.05) is 6.07 Å². The largest absolute Gasteiger partial charge is 0.483 e. The number of nitriles is 1. The van der Waals surface area contributed by atoms with Gasteiger partial charge in [0.15, 0.2) is 12.4 Å². The van der Waals surface area contributed by atoms with Crippen molar-refractivity contribution in [3.63, 3.8) is 0 Å². The van der Waals surface area contributed by atoms with Crippen LogP contribution in [0.4, 0.5) is 5.69 Å². The molecule has 0 aliphatic rings. The maximum absolute atomic E-state index is 12.8. The van der Waals surface area contributed by atoms with Gasteiger partial charge in [-0.15, -0.1) is 0 Å². The number of halogens is 1. The van der Waals surface area contributed by atoms with E-state index >= 15 is 0 Å². The van der Waals surface area contributed by atoms with Crippen molar-refractivity contribution in [1.82, 2.24) is 0 Å². The molecule has 0 saturated carbocycles. The summed E-state index contributed by atoms with van der Waals surface area (Å²) in [6, 6.07) is 22.5. The molecule has 0 bridgehead atoms. The molecular formula is C23H17ClN2O3. The van der Waals surface area contributed by atoms with Gasteiger partial charge < -0.3 is 10.1 Å². The zero-order chi connectivity index (χ0) is 20.6. The van der Waals surface area contributed by atoms with Gasteiger partial charge in [0.2, 0.25) is 0 Å². The summed E-state index contributed by atoms with van der Waals surface area (Å²) in [5.74, 6) is -0.328. The van der Waals surface area contributed by atoms with E-state index in [1.165, 1.54) is 6.07 Å². The molecule has 0 radical (unpaired) electrons. The van der Waals surface area contributed by atoms with Gasteiger partial charge in [0.25, 0.3) is 5.91 Å². The number of rotatable bonds is 7. The molecule has 1 N–H and O–H groups in total. The molecule has 0 unspecified atom stereocenters. The van der Waals surface area contributed by atoms with Gasteiger partial charge in [-0.2, -0.15) is 5.26 Å². The monoisotopic (exact) mass is 404 g/mol. The van der Waals surface area contributed by atoms with Crippen molar-refractivity contribution in [3.05, 3.63) is 94.5 Å². The summed E-state index contributed by atoms with van der Waals surface area (Å²) in [4.78, 5) is 25.0. The third kappa shape index (κ3) is 5.44. The lowest BCUT2D eigenvalue weighted by atomic mass is 10.0. The molecule has 3 aromatic rings. The third-order valence-electron chi connectivity index (χ3n) is 4.10. The van der Waals surface area contributed by atoms with Crippen molar-refractivity contribution >= 4 is 29.0 Å². The molecule has 0 aliphatic carbocycles. The van der Waals surface area contributed by atoms with Crippen LogP contribution in [0.15, 0.2) is 72.8 Å². The van der Waals surface area contributed by atoms with Gasteiger partial charge in [-0.05, 0) is 35.9 Å². The van der Waals surface area contributed by atoms with E-state index in [4.69, 9.17) is 21.6 Å². The molecule has 144 valence electrons. The normalized spacial score (nSPS) is 10.1. The fourth-order valence-electron chi connectivity index (χ4n) is 2.69. The minimum atomic E-state index is -0.369. The van der Waals surface area contributed by atoms with Crippen LogP contribution < -0.4 is 10.1 Å². The predicted molar refractivity (Wildman–Crippen MR) is 111 cm³/mol. The first kappa shape index (κ1) is 20.1. The zero-order valence-corrected chi connectivity index (χ0v) is 16.1. The fourth-order valence-corrected chi connectivity index (χ4v) is 2.86. The average Bonchev–Trinajstić information content (AvgIpc) is 2.74. The molecule has 0 heterocycles. The highest BCUT2D eigenvalue weighted by Crippen LogP contribution is 2.25. The van der Waals surface area contributed by atoms with Gasteiger partial charge in [-0.25, -0.2) is 0 Å². The maximum Gasteiger partial charge on any atom is 0.262 e. The van der Waals surface area contributed by atoms with Gasteiger partial charge >= 0.3 is 0 Å². The second-order valence-electron chi connectivity index (χ2n) is 6.20. The van der Waals surface area contributed by atoms with Gasteiger partial charge in [0.05, 0.1) is 18.1 Å². The number of hydrogen-bond acceptors (Lipinski definition) is 4. The highest BCUT2D eigenvalue weighted by molar-refractivity contribution is 6.31. The van der Waals surface area contributed by atoms with Gasteiger partial charge in [-0.3, -0.25) is 9.59 Å². The van der Waals surface area contributed by atoms with Crippen LogP contribution in [0.25, 0.3) is 0 Å². The summed E-state index contributed by atoms with van der Waals surface area (Å²) in [5, 5.41) is 11.8. The molecule has 5 nitrogen and oxygen atoms in total. The standard InChI is InChI=1S/C23H17ClN2O3/c24-18-8-11-21(20(14-18)23(28)17-4-2-1-3-5-17)29-15-22(27)26-19-9-6-16(7-10-19)12-13-25/h1-11,14H,12,15H2,(H,26,27). The molecule has 1 amide bonds. The van der Waals surface area contributed by atoms with Crippen LogP contribution in [0, 0.1) is 11.3 Å². The topological polar surface area (TPSA) is 79.2 Å². The smallest absolute Gasteiger partial charge is 0.262 e. The molecule has 0 aliphatic heterocycles. The van der Waals surface area contributed by atoms with Crippen LogP contribution in [-0.2, 0) is 11.2 Å². The van der Waals surface area contributed by atoms with Gasteiger partial charge in [0, 0.05) is 16.3 Å². The number of ether oxygens (including phenoxy) is 1. The van der Waals surface area contributed by atoms with Crippen molar-refractivity contribution in [2.24, 2.45) is 0 Å². The Hall–Kier alpha value is -3.62. The lowest BCUT2D eigenvalue weighted by Gasteiger charge is -2.12. The van der Waals surface area contributed by atoms with Crippen molar-refractivity contribution in [2.75, 3.05) is 11.9 Å². The summed E-state index contributed by atoms with van der Waals surface area (Å²) in [6.07, 6.45) is 0.312. The third-order valence-corrected chi connectivity index (χ3v) is 4.34. The summed E-state index contributed by atoms with van der Waals surface area (Å²) in [7, 11) is 0. The van der Waals surface area contributed by atoms with Crippen LogP contribution in [-0.4, -0.2) is 18.3 Å².